The van der Waals surface area contributed by atoms with Crippen LogP contribution in [0.1, 0.15) is 10.4 Å². The molecule has 0 fully saturated rings. The molecule has 17 heavy (non-hydrogen) atoms. The average Bonchev–Trinajstić information content (AvgIpc) is 2.30. The van der Waals surface area contributed by atoms with Gasteiger partial charge < -0.3 is 14.9 Å². The van der Waals surface area contributed by atoms with Crippen LogP contribution in [0.4, 0.5) is 0 Å². The molecule has 86 valence electrons. The van der Waals surface area contributed by atoms with Crippen LogP contribution >= 0.6 is 0 Å². The number of carbonyl (C=O) groups excluding carboxylic acids is 1. The Labute approximate surface area is 97.7 Å². The number of ether oxygens (including phenoxy) is 1. The molecule has 0 aromatic heterocycles. The number of hydrogen-bond acceptors (Lipinski definition) is 4. The predicted octanol–water partition coefficient (Wildman–Crippen LogP) is 2.32. The van der Waals surface area contributed by atoms with Gasteiger partial charge in [-0.25, -0.2) is 4.79 Å². The number of carbonyl (C=O) groups is 1. The number of esters is 1. The topological polar surface area (TPSA) is 66.8 Å². The average molecular weight is 230 g/mol. The zero-order chi connectivity index (χ0) is 12.3. The van der Waals surface area contributed by atoms with E-state index >= 15 is 0 Å². The maximum atomic E-state index is 11.7. The minimum absolute atomic E-state index is 0.00616. The summed E-state index contributed by atoms with van der Waals surface area (Å²) in [5, 5.41) is 18.6. The summed E-state index contributed by atoms with van der Waals surface area (Å²) >= 11 is 0. The molecule has 2 aromatic rings. The van der Waals surface area contributed by atoms with Crippen molar-refractivity contribution in [3.63, 3.8) is 0 Å². The molecule has 0 heterocycles. The molecule has 0 unspecified atom stereocenters. The van der Waals surface area contributed by atoms with Crippen molar-refractivity contribution in [3.05, 3.63) is 54.1 Å². The van der Waals surface area contributed by atoms with Gasteiger partial charge in [0.15, 0.2) is 0 Å². The largest absolute Gasteiger partial charge is 0.508 e. The van der Waals surface area contributed by atoms with Crippen molar-refractivity contribution in [3.8, 4) is 17.2 Å². The van der Waals surface area contributed by atoms with Gasteiger partial charge in [0.1, 0.15) is 22.8 Å². The summed E-state index contributed by atoms with van der Waals surface area (Å²) in [6, 6.07) is 12.2. The van der Waals surface area contributed by atoms with Crippen LogP contribution in [0.3, 0.4) is 0 Å². The molecule has 2 rings (SSSR count). The van der Waals surface area contributed by atoms with E-state index in [2.05, 4.69) is 0 Å². The monoisotopic (exact) mass is 230 g/mol. The Bertz CT molecular complexity index is 534. The first-order valence-electron chi connectivity index (χ1n) is 4.96. The fourth-order valence-electron chi connectivity index (χ4n) is 1.34. The lowest BCUT2D eigenvalue weighted by atomic mass is 10.2. The quantitative estimate of drug-likeness (QED) is 0.613. The van der Waals surface area contributed by atoms with Gasteiger partial charge in [-0.1, -0.05) is 18.2 Å². The van der Waals surface area contributed by atoms with Gasteiger partial charge in [-0.2, -0.15) is 0 Å². The van der Waals surface area contributed by atoms with Gasteiger partial charge in [0, 0.05) is 6.07 Å². The zero-order valence-electron chi connectivity index (χ0n) is 8.83. The summed E-state index contributed by atoms with van der Waals surface area (Å²) in [5.41, 5.74) is 0.00616. The molecular weight excluding hydrogens is 220 g/mol. The van der Waals surface area contributed by atoms with E-state index in [1.807, 2.05) is 0 Å². The maximum absolute atomic E-state index is 11.7. The van der Waals surface area contributed by atoms with Crippen molar-refractivity contribution >= 4 is 5.97 Å². The highest BCUT2D eigenvalue weighted by atomic mass is 16.5. The van der Waals surface area contributed by atoms with Gasteiger partial charge in [-0.05, 0) is 24.3 Å². The van der Waals surface area contributed by atoms with Gasteiger partial charge >= 0.3 is 5.97 Å². The molecule has 2 N–H and O–H groups in total. The molecule has 0 aliphatic rings. The van der Waals surface area contributed by atoms with Crippen LogP contribution in [0.2, 0.25) is 0 Å². The fourth-order valence-corrected chi connectivity index (χ4v) is 1.34. The van der Waals surface area contributed by atoms with E-state index in [-0.39, 0.29) is 17.1 Å². The summed E-state index contributed by atoms with van der Waals surface area (Å²) in [7, 11) is 0. The summed E-state index contributed by atoms with van der Waals surface area (Å²) in [5.74, 6) is -0.705. The Morgan fingerprint density at radius 2 is 1.71 bits per heavy atom. The predicted molar refractivity (Wildman–Crippen MR) is 61.2 cm³/mol. The van der Waals surface area contributed by atoms with Gasteiger partial charge in [-0.15, -0.1) is 0 Å². The highest BCUT2D eigenvalue weighted by Gasteiger charge is 2.13. The number of aromatic hydroxyl groups is 2. The van der Waals surface area contributed by atoms with E-state index in [0.717, 1.165) is 6.07 Å². The molecule has 4 heteroatoms. The number of phenols is 2. The zero-order valence-corrected chi connectivity index (χ0v) is 8.83. The van der Waals surface area contributed by atoms with E-state index in [4.69, 9.17) is 9.84 Å². The van der Waals surface area contributed by atoms with Crippen LogP contribution in [0.25, 0.3) is 0 Å². The minimum Gasteiger partial charge on any atom is -0.508 e. The molecule has 0 bridgehead atoms. The van der Waals surface area contributed by atoms with Gasteiger partial charge in [-0.3, -0.25) is 0 Å². The lowest BCUT2D eigenvalue weighted by Crippen LogP contribution is -2.08. The fraction of sp³-hybridized carbons (Fsp3) is 0. The second-order valence-electron chi connectivity index (χ2n) is 3.40. The summed E-state index contributed by atoms with van der Waals surface area (Å²) in [4.78, 5) is 11.7. The first-order chi connectivity index (χ1) is 8.16. The summed E-state index contributed by atoms with van der Waals surface area (Å²) < 4.78 is 5.04. The number of rotatable bonds is 2. The Hall–Kier alpha value is -2.49. The number of para-hydroxylation sites is 1. The van der Waals surface area contributed by atoms with E-state index in [1.165, 1.54) is 12.1 Å². The van der Waals surface area contributed by atoms with E-state index in [1.54, 1.807) is 30.3 Å². The maximum Gasteiger partial charge on any atom is 0.347 e. The van der Waals surface area contributed by atoms with E-state index in [9.17, 15) is 9.90 Å². The van der Waals surface area contributed by atoms with Crippen molar-refractivity contribution < 1.29 is 19.7 Å². The van der Waals surface area contributed by atoms with E-state index < -0.39 is 5.97 Å². The second-order valence-corrected chi connectivity index (χ2v) is 3.40. The van der Waals surface area contributed by atoms with E-state index in [0.29, 0.717) is 5.75 Å². The standard InChI is InChI=1S/C13H10O4/c14-9-6-7-11(12(15)8-9)13(16)17-10-4-2-1-3-5-10/h1-8,14-15H. The molecule has 0 radical (unpaired) electrons. The summed E-state index contributed by atoms with van der Waals surface area (Å²) in [6.45, 7) is 0. The second kappa shape index (κ2) is 4.57. The van der Waals surface area contributed by atoms with Gasteiger partial charge in [0.05, 0.1) is 0 Å². The molecule has 2 aromatic carbocycles. The van der Waals surface area contributed by atoms with Gasteiger partial charge in [0.2, 0.25) is 0 Å². The highest BCUT2D eigenvalue weighted by molar-refractivity contribution is 5.94. The Morgan fingerprint density at radius 3 is 2.35 bits per heavy atom. The van der Waals surface area contributed by atoms with Crippen molar-refractivity contribution in [1.82, 2.24) is 0 Å². The number of phenolic OH excluding ortho intramolecular Hbond substituents is 2. The third kappa shape index (κ3) is 2.55. The van der Waals surface area contributed by atoms with Crippen molar-refractivity contribution in [1.29, 1.82) is 0 Å². The third-order valence-electron chi connectivity index (χ3n) is 2.15. The van der Waals surface area contributed by atoms with Crippen LogP contribution in [-0.4, -0.2) is 16.2 Å². The van der Waals surface area contributed by atoms with Crippen LogP contribution in [-0.2, 0) is 0 Å². The first-order valence-corrected chi connectivity index (χ1v) is 4.96. The van der Waals surface area contributed by atoms with Crippen molar-refractivity contribution in [2.45, 2.75) is 0 Å². The molecular formula is C13H10O4. The van der Waals surface area contributed by atoms with Gasteiger partial charge in [0.25, 0.3) is 0 Å². The minimum atomic E-state index is -0.673. The third-order valence-corrected chi connectivity index (χ3v) is 2.15. The Kier molecular flexibility index (Phi) is 2.96. The van der Waals surface area contributed by atoms with Crippen LogP contribution in [0.15, 0.2) is 48.5 Å². The van der Waals surface area contributed by atoms with Crippen molar-refractivity contribution in [2.24, 2.45) is 0 Å². The molecule has 0 saturated heterocycles. The number of benzene rings is 2. The lowest BCUT2D eigenvalue weighted by molar-refractivity contribution is 0.0731. The normalized spacial score (nSPS) is 9.88. The van der Waals surface area contributed by atoms with Crippen molar-refractivity contribution in [2.75, 3.05) is 0 Å². The Morgan fingerprint density at radius 1 is 1.00 bits per heavy atom. The van der Waals surface area contributed by atoms with Crippen LogP contribution in [0.5, 0.6) is 17.2 Å². The molecule has 4 nitrogen and oxygen atoms in total. The molecule has 0 aliphatic carbocycles. The first kappa shape index (κ1) is 11.0. The Balaban J connectivity index is 2.21. The molecule has 0 atom stereocenters. The molecule has 0 saturated carbocycles. The van der Waals surface area contributed by atoms with Crippen LogP contribution < -0.4 is 4.74 Å². The molecule has 0 amide bonds. The lowest BCUT2D eigenvalue weighted by Gasteiger charge is -2.05. The molecule has 0 aliphatic heterocycles. The number of hydrogen-bond donors (Lipinski definition) is 2. The summed E-state index contributed by atoms with van der Waals surface area (Å²) in [6.07, 6.45) is 0. The molecule has 0 spiro atoms. The van der Waals surface area contributed by atoms with Crippen LogP contribution in [0, 0.1) is 0 Å². The SMILES string of the molecule is O=C(Oc1ccccc1)c1ccc(O)cc1O. The highest BCUT2D eigenvalue weighted by Crippen LogP contribution is 2.23. The smallest absolute Gasteiger partial charge is 0.347 e.